The fourth-order valence-electron chi connectivity index (χ4n) is 0.974. The van der Waals surface area contributed by atoms with Gasteiger partial charge in [-0.15, -0.1) is 0 Å². The van der Waals surface area contributed by atoms with Crippen molar-refractivity contribution in [2.24, 2.45) is 0 Å². The van der Waals surface area contributed by atoms with Crippen molar-refractivity contribution in [3.8, 4) is 0 Å². The summed E-state index contributed by atoms with van der Waals surface area (Å²) >= 11 is 2.98. The van der Waals surface area contributed by atoms with E-state index in [2.05, 4.69) is 15.9 Å². The van der Waals surface area contributed by atoms with Crippen LogP contribution in [0.1, 0.15) is 11.1 Å². The van der Waals surface area contributed by atoms with Crippen molar-refractivity contribution >= 4 is 21.6 Å². The molecule has 0 aliphatic carbocycles. The number of hydrogen-bond donors (Lipinski definition) is 1. The Morgan fingerprint density at radius 1 is 1.31 bits per heavy atom. The van der Waals surface area contributed by atoms with Gasteiger partial charge in [-0.25, -0.2) is 0 Å². The molecule has 0 bridgehead atoms. The molecule has 13 heavy (non-hydrogen) atoms. The van der Waals surface area contributed by atoms with E-state index < -0.39 is 11.7 Å². The normalized spacial score (nSPS) is 11.7. The Balaban J connectivity index is 3.24. The predicted molar refractivity (Wildman–Crippen MR) is 48.5 cm³/mol. The lowest BCUT2D eigenvalue weighted by atomic mass is 10.1. The maximum atomic E-state index is 12.3. The summed E-state index contributed by atoms with van der Waals surface area (Å²) in [6.45, 7) is 0. The Kier molecular flexibility index (Phi) is 2.85. The maximum absolute atomic E-state index is 12.3. The zero-order chi connectivity index (χ0) is 10.1. The van der Waals surface area contributed by atoms with Gasteiger partial charge >= 0.3 is 6.18 Å². The lowest BCUT2D eigenvalue weighted by molar-refractivity contribution is -0.138. The van der Waals surface area contributed by atoms with Crippen LogP contribution < -0.4 is 5.73 Å². The first-order valence-electron chi connectivity index (χ1n) is 3.46. The van der Waals surface area contributed by atoms with Crippen LogP contribution in [-0.4, -0.2) is 0 Å². The Labute approximate surface area is 81.9 Å². The third kappa shape index (κ3) is 2.37. The van der Waals surface area contributed by atoms with Gasteiger partial charge in [0.25, 0.3) is 0 Å². The van der Waals surface area contributed by atoms with Crippen LogP contribution in [0, 0.1) is 0 Å². The van der Waals surface area contributed by atoms with Crippen LogP contribution in [0.15, 0.2) is 18.2 Å². The van der Waals surface area contributed by atoms with Gasteiger partial charge < -0.3 is 5.73 Å². The summed E-state index contributed by atoms with van der Waals surface area (Å²) in [5.41, 5.74) is 4.91. The van der Waals surface area contributed by atoms with Crippen molar-refractivity contribution in [3.63, 3.8) is 0 Å². The van der Waals surface area contributed by atoms with Gasteiger partial charge in [0.05, 0.1) is 5.56 Å². The zero-order valence-corrected chi connectivity index (χ0v) is 8.11. The van der Waals surface area contributed by atoms with Crippen LogP contribution in [0.25, 0.3) is 0 Å². The molecule has 1 aromatic carbocycles. The molecular formula is C8H7BrF3N. The minimum atomic E-state index is -4.33. The van der Waals surface area contributed by atoms with Crippen molar-refractivity contribution < 1.29 is 13.2 Å². The van der Waals surface area contributed by atoms with E-state index in [9.17, 15) is 13.2 Å². The summed E-state index contributed by atoms with van der Waals surface area (Å²) in [6, 6.07) is 3.76. The average Bonchev–Trinajstić information content (AvgIpc) is 2.03. The van der Waals surface area contributed by atoms with Crippen LogP contribution in [0.4, 0.5) is 18.9 Å². The second-order valence-electron chi connectivity index (χ2n) is 2.55. The van der Waals surface area contributed by atoms with Gasteiger partial charge in [-0.2, -0.15) is 13.2 Å². The highest BCUT2D eigenvalue weighted by Gasteiger charge is 2.32. The first kappa shape index (κ1) is 10.4. The van der Waals surface area contributed by atoms with Crippen LogP contribution in [-0.2, 0) is 11.5 Å². The molecule has 1 aromatic rings. The summed E-state index contributed by atoms with van der Waals surface area (Å²) in [5, 5.41) is 0.169. The second-order valence-corrected chi connectivity index (χ2v) is 3.11. The minimum Gasteiger partial charge on any atom is -0.399 e. The van der Waals surface area contributed by atoms with Crippen LogP contribution in [0.5, 0.6) is 0 Å². The van der Waals surface area contributed by atoms with E-state index in [1.54, 1.807) is 0 Å². The van der Waals surface area contributed by atoms with Gasteiger partial charge in [0.15, 0.2) is 0 Å². The molecule has 72 valence electrons. The molecule has 1 nitrogen and oxygen atoms in total. The Morgan fingerprint density at radius 3 is 2.38 bits per heavy atom. The lowest BCUT2D eigenvalue weighted by Crippen LogP contribution is -2.09. The summed E-state index contributed by atoms with van der Waals surface area (Å²) in [6.07, 6.45) is -4.33. The monoisotopic (exact) mass is 253 g/mol. The molecule has 0 unspecified atom stereocenters. The van der Waals surface area contributed by atoms with Gasteiger partial charge in [-0.05, 0) is 17.7 Å². The zero-order valence-electron chi connectivity index (χ0n) is 6.53. The van der Waals surface area contributed by atoms with Gasteiger partial charge in [-0.3, -0.25) is 0 Å². The molecule has 0 saturated carbocycles. The SMILES string of the molecule is Nc1ccc(CBr)c(C(F)(F)F)c1. The molecule has 0 saturated heterocycles. The van der Waals surface area contributed by atoms with E-state index in [4.69, 9.17) is 5.73 Å². The van der Waals surface area contributed by atoms with Crippen molar-refractivity contribution in [2.75, 3.05) is 5.73 Å². The van der Waals surface area contributed by atoms with Crippen molar-refractivity contribution in [1.82, 2.24) is 0 Å². The highest BCUT2D eigenvalue weighted by Crippen LogP contribution is 2.33. The number of alkyl halides is 4. The van der Waals surface area contributed by atoms with Crippen molar-refractivity contribution in [1.29, 1.82) is 0 Å². The number of halogens is 4. The van der Waals surface area contributed by atoms with E-state index in [-0.39, 0.29) is 16.6 Å². The van der Waals surface area contributed by atoms with E-state index in [1.807, 2.05) is 0 Å². The minimum absolute atomic E-state index is 0.122. The van der Waals surface area contributed by atoms with E-state index in [0.717, 1.165) is 6.07 Å². The number of benzene rings is 1. The smallest absolute Gasteiger partial charge is 0.399 e. The fraction of sp³-hybridized carbons (Fsp3) is 0.250. The molecule has 0 aliphatic heterocycles. The summed E-state index contributed by atoms with van der Waals surface area (Å²) < 4.78 is 37.0. The van der Waals surface area contributed by atoms with Gasteiger partial charge in [-0.1, -0.05) is 22.0 Å². The second kappa shape index (κ2) is 3.57. The molecule has 0 amide bonds. The third-order valence-corrected chi connectivity index (χ3v) is 2.19. The highest BCUT2D eigenvalue weighted by molar-refractivity contribution is 9.08. The summed E-state index contributed by atoms with van der Waals surface area (Å²) in [7, 11) is 0. The molecule has 0 radical (unpaired) electrons. The topological polar surface area (TPSA) is 26.0 Å². The van der Waals surface area contributed by atoms with Gasteiger partial charge in [0.2, 0.25) is 0 Å². The molecule has 0 spiro atoms. The van der Waals surface area contributed by atoms with Crippen molar-refractivity contribution in [2.45, 2.75) is 11.5 Å². The summed E-state index contributed by atoms with van der Waals surface area (Å²) in [4.78, 5) is 0. The van der Waals surface area contributed by atoms with Crippen LogP contribution in [0.3, 0.4) is 0 Å². The average molecular weight is 254 g/mol. The number of rotatable bonds is 1. The molecule has 5 heteroatoms. The van der Waals surface area contributed by atoms with E-state index in [1.165, 1.54) is 12.1 Å². The standard InChI is InChI=1S/C8H7BrF3N/c9-4-5-1-2-6(13)3-7(5)8(10,11)12/h1-3H,4,13H2. The molecule has 0 heterocycles. The molecule has 0 fully saturated rings. The Morgan fingerprint density at radius 2 is 1.92 bits per heavy atom. The van der Waals surface area contributed by atoms with Crippen LogP contribution in [0.2, 0.25) is 0 Å². The van der Waals surface area contributed by atoms with E-state index in [0.29, 0.717) is 0 Å². The molecule has 0 aromatic heterocycles. The first-order chi connectivity index (χ1) is 5.95. The van der Waals surface area contributed by atoms with Crippen LogP contribution >= 0.6 is 15.9 Å². The maximum Gasteiger partial charge on any atom is 0.416 e. The predicted octanol–water partition coefficient (Wildman–Crippen LogP) is 3.18. The third-order valence-electron chi connectivity index (χ3n) is 1.58. The van der Waals surface area contributed by atoms with Crippen molar-refractivity contribution in [3.05, 3.63) is 29.3 Å². The quantitative estimate of drug-likeness (QED) is 0.604. The fourth-order valence-corrected chi connectivity index (χ4v) is 1.46. The largest absolute Gasteiger partial charge is 0.416 e. The Hall–Kier alpha value is -0.710. The number of nitrogen functional groups attached to an aromatic ring is 1. The van der Waals surface area contributed by atoms with Gasteiger partial charge in [0.1, 0.15) is 0 Å². The molecule has 2 N–H and O–H groups in total. The highest BCUT2D eigenvalue weighted by atomic mass is 79.9. The first-order valence-corrected chi connectivity index (χ1v) is 4.59. The molecule has 0 atom stereocenters. The number of anilines is 1. The molecule has 1 rings (SSSR count). The number of hydrogen-bond acceptors (Lipinski definition) is 1. The number of nitrogens with two attached hydrogens (primary N) is 1. The van der Waals surface area contributed by atoms with Gasteiger partial charge in [0, 0.05) is 11.0 Å². The Bertz CT molecular complexity index is 309. The summed E-state index contributed by atoms with van der Waals surface area (Å²) in [5.74, 6) is 0. The van der Waals surface area contributed by atoms with E-state index >= 15 is 0 Å². The molecular weight excluding hydrogens is 247 g/mol. The lowest BCUT2D eigenvalue weighted by Gasteiger charge is -2.11. The molecule has 0 aliphatic rings.